The molecule has 1 unspecified atom stereocenters. The highest BCUT2D eigenvalue weighted by atomic mass is 35.5. The Morgan fingerprint density at radius 3 is 2.90 bits per heavy atom. The van der Waals surface area contributed by atoms with Gasteiger partial charge in [0, 0.05) is 18.7 Å². The van der Waals surface area contributed by atoms with Crippen molar-refractivity contribution in [3.63, 3.8) is 0 Å². The summed E-state index contributed by atoms with van der Waals surface area (Å²) in [5.41, 5.74) is 0.761. The van der Waals surface area contributed by atoms with Gasteiger partial charge < -0.3 is 4.90 Å². The summed E-state index contributed by atoms with van der Waals surface area (Å²) >= 11 is 6.12. The van der Waals surface area contributed by atoms with Crippen molar-refractivity contribution in [3.8, 4) is 0 Å². The number of rotatable bonds is 2. The van der Waals surface area contributed by atoms with Crippen LogP contribution in [-0.2, 0) is 9.84 Å². The predicted molar refractivity (Wildman–Crippen MR) is 76.0 cm³/mol. The lowest BCUT2D eigenvalue weighted by Crippen LogP contribution is -2.34. The summed E-state index contributed by atoms with van der Waals surface area (Å²) in [5.74, 6) is 1.52. The van der Waals surface area contributed by atoms with Crippen molar-refractivity contribution < 1.29 is 8.42 Å². The van der Waals surface area contributed by atoms with E-state index in [1.807, 2.05) is 18.9 Å². The van der Waals surface area contributed by atoms with Crippen molar-refractivity contribution in [3.05, 3.63) is 17.0 Å². The molecule has 0 radical (unpaired) electrons. The largest absolute Gasteiger partial charge is 0.355 e. The molecule has 0 spiro atoms. The number of fused-ring (bicyclic) bond motifs is 1. The average Bonchev–Trinajstić information content (AvgIpc) is 2.96. The first kappa shape index (κ1) is 13.6. The Hall–Kier alpha value is -1.41. The summed E-state index contributed by atoms with van der Waals surface area (Å²) in [6.07, 6.45) is 2.01. The zero-order valence-electron chi connectivity index (χ0n) is 11.1. The van der Waals surface area contributed by atoms with Crippen LogP contribution in [0.1, 0.15) is 12.0 Å². The number of sulfone groups is 1. The van der Waals surface area contributed by atoms with Gasteiger partial charge in [0.15, 0.2) is 9.84 Å². The minimum atomic E-state index is -2.95. The second-order valence-electron chi connectivity index (χ2n) is 4.99. The van der Waals surface area contributed by atoms with E-state index in [9.17, 15) is 8.42 Å². The van der Waals surface area contributed by atoms with Crippen LogP contribution in [0.2, 0.25) is 5.15 Å². The van der Waals surface area contributed by atoms with Crippen LogP contribution in [-0.4, -0.2) is 52.6 Å². The van der Waals surface area contributed by atoms with Gasteiger partial charge in [-0.25, -0.2) is 8.42 Å². The fraction of sp³-hybridized carbons (Fsp3) is 0.545. The maximum atomic E-state index is 11.6. The summed E-state index contributed by atoms with van der Waals surface area (Å²) in [5, 5.41) is 4.50. The van der Waals surface area contributed by atoms with E-state index in [1.165, 1.54) is 6.33 Å². The van der Waals surface area contributed by atoms with Crippen molar-refractivity contribution in [2.24, 2.45) is 0 Å². The van der Waals surface area contributed by atoms with Crippen LogP contribution < -0.4 is 4.90 Å². The summed E-state index contributed by atoms with van der Waals surface area (Å²) in [7, 11) is -1.09. The highest BCUT2D eigenvalue weighted by Crippen LogP contribution is 2.28. The lowest BCUT2D eigenvalue weighted by molar-refractivity contribution is 0.600. The number of hydrogen-bond acceptors (Lipinski definition) is 6. The molecule has 9 heteroatoms. The third-order valence-corrected chi connectivity index (χ3v) is 5.78. The van der Waals surface area contributed by atoms with Crippen LogP contribution in [0.5, 0.6) is 0 Å². The SMILES string of the molecule is Cc1c(Cl)nc2ncnn2c1N(C)C1CCS(=O)(=O)C1. The number of hydrogen-bond donors (Lipinski definition) is 0. The lowest BCUT2D eigenvalue weighted by Gasteiger charge is -2.27. The van der Waals surface area contributed by atoms with E-state index in [0.717, 1.165) is 11.4 Å². The lowest BCUT2D eigenvalue weighted by atomic mass is 10.2. The van der Waals surface area contributed by atoms with Crippen LogP contribution in [0.4, 0.5) is 5.82 Å². The number of nitrogens with zero attached hydrogens (tertiary/aromatic N) is 5. The van der Waals surface area contributed by atoms with E-state index >= 15 is 0 Å². The fourth-order valence-corrected chi connectivity index (χ4v) is 4.49. The summed E-state index contributed by atoms with van der Waals surface area (Å²) in [6.45, 7) is 1.84. The summed E-state index contributed by atoms with van der Waals surface area (Å²) in [6, 6.07) is -0.0791. The van der Waals surface area contributed by atoms with E-state index in [1.54, 1.807) is 4.52 Å². The molecule has 3 heterocycles. The minimum Gasteiger partial charge on any atom is -0.355 e. The number of anilines is 1. The third kappa shape index (κ3) is 2.12. The summed E-state index contributed by atoms with van der Waals surface area (Å²) < 4.78 is 24.9. The first-order chi connectivity index (χ1) is 9.39. The molecule has 1 atom stereocenters. The van der Waals surface area contributed by atoms with Gasteiger partial charge in [-0.05, 0) is 13.3 Å². The zero-order chi connectivity index (χ0) is 14.5. The fourth-order valence-electron chi connectivity index (χ4n) is 2.55. The van der Waals surface area contributed by atoms with Gasteiger partial charge in [0.05, 0.1) is 11.5 Å². The van der Waals surface area contributed by atoms with Gasteiger partial charge in [-0.2, -0.15) is 19.6 Å². The average molecular weight is 316 g/mol. The Morgan fingerprint density at radius 1 is 1.50 bits per heavy atom. The smallest absolute Gasteiger partial charge is 0.255 e. The molecular weight excluding hydrogens is 302 g/mol. The monoisotopic (exact) mass is 315 g/mol. The van der Waals surface area contributed by atoms with Gasteiger partial charge in [-0.15, -0.1) is 0 Å². The molecule has 0 amide bonds. The Balaban J connectivity index is 2.09. The second kappa shape index (κ2) is 4.56. The van der Waals surface area contributed by atoms with Crippen molar-refractivity contribution in [2.45, 2.75) is 19.4 Å². The van der Waals surface area contributed by atoms with Crippen molar-refractivity contribution in [1.29, 1.82) is 0 Å². The van der Waals surface area contributed by atoms with Gasteiger partial charge in [-0.3, -0.25) is 0 Å². The molecule has 2 aromatic heterocycles. The van der Waals surface area contributed by atoms with E-state index < -0.39 is 9.84 Å². The Morgan fingerprint density at radius 2 is 2.25 bits per heavy atom. The maximum absolute atomic E-state index is 11.6. The van der Waals surface area contributed by atoms with E-state index in [-0.39, 0.29) is 17.5 Å². The Kier molecular flexibility index (Phi) is 3.09. The predicted octanol–water partition coefficient (Wildman–Crippen LogP) is 0.709. The number of halogens is 1. The molecule has 0 N–H and O–H groups in total. The minimum absolute atomic E-state index is 0.0791. The van der Waals surface area contributed by atoms with Crippen molar-refractivity contribution in [2.75, 3.05) is 23.5 Å². The standard InChI is InChI=1S/C11H14ClN5O2S/c1-7-9(12)15-11-13-6-14-17(11)10(7)16(2)8-3-4-20(18,19)5-8/h6,8H,3-5H2,1-2H3. The molecule has 108 valence electrons. The topological polar surface area (TPSA) is 80.5 Å². The molecule has 1 aliphatic rings. The van der Waals surface area contributed by atoms with Crippen molar-refractivity contribution in [1.82, 2.24) is 19.6 Å². The molecule has 0 aliphatic carbocycles. The molecule has 1 saturated heterocycles. The number of aromatic nitrogens is 4. The van der Waals surface area contributed by atoms with Crippen LogP contribution in [0.3, 0.4) is 0 Å². The normalized spacial score (nSPS) is 21.4. The Labute approximate surface area is 121 Å². The molecule has 1 fully saturated rings. The van der Waals surface area contributed by atoms with Gasteiger partial charge in [0.25, 0.3) is 5.78 Å². The zero-order valence-corrected chi connectivity index (χ0v) is 12.7. The van der Waals surface area contributed by atoms with Gasteiger partial charge in [-0.1, -0.05) is 11.6 Å². The third-order valence-electron chi connectivity index (χ3n) is 3.66. The maximum Gasteiger partial charge on any atom is 0.255 e. The van der Waals surface area contributed by atoms with E-state index in [4.69, 9.17) is 11.6 Å². The Bertz CT molecular complexity index is 772. The molecule has 1 aliphatic heterocycles. The highest BCUT2D eigenvalue weighted by Gasteiger charge is 2.32. The molecule has 0 aromatic carbocycles. The van der Waals surface area contributed by atoms with Gasteiger partial charge >= 0.3 is 0 Å². The second-order valence-corrected chi connectivity index (χ2v) is 7.58. The van der Waals surface area contributed by atoms with E-state index in [2.05, 4.69) is 15.1 Å². The molecular formula is C11H14ClN5O2S. The molecule has 20 heavy (non-hydrogen) atoms. The molecule has 7 nitrogen and oxygen atoms in total. The first-order valence-corrected chi connectivity index (χ1v) is 8.38. The van der Waals surface area contributed by atoms with Gasteiger partial charge in [0.2, 0.25) is 0 Å². The molecule has 0 bridgehead atoms. The van der Waals surface area contributed by atoms with Crippen LogP contribution >= 0.6 is 11.6 Å². The van der Waals surface area contributed by atoms with Crippen LogP contribution in [0.15, 0.2) is 6.33 Å². The molecule has 2 aromatic rings. The van der Waals surface area contributed by atoms with Crippen LogP contribution in [0.25, 0.3) is 5.78 Å². The van der Waals surface area contributed by atoms with E-state index in [0.29, 0.717) is 17.4 Å². The van der Waals surface area contributed by atoms with Gasteiger partial charge in [0.1, 0.15) is 17.3 Å². The highest BCUT2D eigenvalue weighted by molar-refractivity contribution is 7.91. The van der Waals surface area contributed by atoms with Crippen molar-refractivity contribution >= 4 is 33.0 Å². The van der Waals surface area contributed by atoms with Crippen LogP contribution in [0, 0.1) is 6.92 Å². The summed E-state index contributed by atoms with van der Waals surface area (Å²) in [4.78, 5) is 10.1. The molecule has 3 rings (SSSR count). The first-order valence-electron chi connectivity index (χ1n) is 6.18. The molecule has 0 saturated carbocycles. The quantitative estimate of drug-likeness (QED) is 0.759.